The molecule has 94 valence electrons. The lowest BCUT2D eigenvalue weighted by atomic mass is 9.98. The van der Waals surface area contributed by atoms with Crippen molar-refractivity contribution in [2.24, 2.45) is 0 Å². The molecule has 1 fully saturated rings. The third-order valence-electron chi connectivity index (χ3n) is 2.32. The van der Waals surface area contributed by atoms with Gasteiger partial charge in [-0.05, 0) is 0 Å². The van der Waals surface area contributed by atoms with Crippen LogP contribution in [0.1, 0.15) is 0 Å². The van der Waals surface area contributed by atoms with E-state index in [4.69, 9.17) is 9.84 Å². The van der Waals surface area contributed by atoms with Crippen LogP contribution in [0.2, 0.25) is 0 Å². The summed E-state index contributed by atoms with van der Waals surface area (Å²) >= 11 is 1.83. The number of rotatable bonds is 3. The van der Waals surface area contributed by atoms with Crippen molar-refractivity contribution in [2.75, 3.05) is 11.0 Å². The van der Waals surface area contributed by atoms with Gasteiger partial charge >= 0.3 is 0 Å². The Bertz CT molecular complexity index is 251. The van der Waals surface area contributed by atoms with Crippen LogP contribution < -0.4 is 5.32 Å². The average molecular weight is 347 g/mol. The van der Waals surface area contributed by atoms with Gasteiger partial charge in [-0.3, -0.25) is 4.79 Å². The molecule has 1 amide bonds. The van der Waals surface area contributed by atoms with Gasteiger partial charge in [-0.2, -0.15) is 0 Å². The first kappa shape index (κ1) is 14.1. The summed E-state index contributed by atoms with van der Waals surface area (Å²) < 4.78 is 5.23. The second-order valence-electron chi connectivity index (χ2n) is 3.45. The second kappa shape index (κ2) is 6.07. The number of aliphatic hydroxyl groups excluding tert-OH is 4. The van der Waals surface area contributed by atoms with E-state index in [9.17, 15) is 20.1 Å². The first-order chi connectivity index (χ1) is 7.51. The normalized spacial score (nSPS) is 39.4. The van der Waals surface area contributed by atoms with Gasteiger partial charge in [0, 0.05) is 0 Å². The Kier molecular flexibility index (Phi) is 5.34. The Morgan fingerprint density at radius 2 is 1.88 bits per heavy atom. The largest absolute Gasteiger partial charge is 0.394 e. The Labute approximate surface area is 106 Å². The summed E-state index contributed by atoms with van der Waals surface area (Å²) in [6.45, 7) is -0.512. The van der Waals surface area contributed by atoms with Gasteiger partial charge in [-0.15, -0.1) is 0 Å². The highest BCUT2D eigenvalue weighted by molar-refractivity contribution is 14.1. The molecule has 0 aromatic carbocycles. The van der Waals surface area contributed by atoms with E-state index in [1.165, 1.54) is 0 Å². The maximum atomic E-state index is 11.1. The average Bonchev–Trinajstić information content (AvgIpc) is 2.29. The number of carbonyl (C=O) groups is 1. The van der Waals surface area contributed by atoms with Crippen molar-refractivity contribution in [2.45, 2.75) is 30.6 Å². The van der Waals surface area contributed by atoms with Gasteiger partial charge in [0.1, 0.15) is 24.4 Å². The van der Waals surface area contributed by atoms with Gasteiger partial charge in [-0.25, -0.2) is 0 Å². The molecule has 5 atom stereocenters. The quantitative estimate of drug-likeness (QED) is 0.281. The third kappa shape index (κ3) is 3.02. The van der Waals surface area contributed by atoms with Crippen molar-refractivity contribution in [1.82, 2.24) is 5.32 Å². The van der Waals surface area contributed by atoms with E-state index in [1.807, 2.05) is 22.6 Å². The summed E-state index contributed by atoms with van der Waals surface area (Å²) in [6, 6.07) is 0. The van der Waals surface area contributed by atoms with Crippen molar-refractivity contribution in [3.05, 3.63) is 0 Å². The molecule has 0 aliphatic carbocycles. The molecule has 7 nitrogen and oxygen atoms in total. The van der Waals surface area contributed by atoms with Crippen LogP contribution in [0.4, 0.5) is 0 Å². The van der Waals surface area contributed by atoms with Gasteiger partial charge < -0.3 is 30.5 Å². The predicted molar refractivity (Wildman–Crippen MR) is 60.8 cm³/mol. The van der Waals surface area contributed by atoms with Gasteiger partial charge in [0.2, 0.25) is 5.91 Å². The maximum absolute atomic E-state index is 11.1. The van der Waals surface area contributed by atoms with E-state index in [0.717, 1.165) is 0 Å². The fraction of sp³-hybridized carbons (Fsp3) is 0.875. The zero-order chi connectivity index (χ0) is 12.3. The Morgan fingerprint density at radius 3 is 2.38 bits per heavy atom. The minimum Gasteiger partial charge on any atom is -0.394 e. The van der Waals surface area contributed by atoms with Crippen LogP contribution in [0, 0.1) is 0 Å². The smallest absolute Gasteiger partial charge is 0.231 e. The van der Waals surface area contributed by atoms with Crippen LogP contribution in [0.15, 0.2) is 0 Å². The van der Waals surface area contributed by atoms with E-state index < -0.39 is 37.3 Å². The van der Waals surface area contributed by atoms with Crippen LogP contribution in [0.5, 0.6) is 0 Å². The molecule has 0 radical (unpaired) electrons. The summed E-state index contributed by atoms with van der Waals surface area (Å²) in [5.41, 5.74) is 0. The van der Waals surface area contributed by atoms with Gasteiger partial charge in [-0.1, -0.05) is 22.6 Å². The minimum atomic E-state index is -1.47. The van der Waals surface area contributed by atoms with Gasteiger partial charge in [0.05, 0.1) is 11.0 Å². The van der Waals surface area contributed by atoms with Crippen molar-refractivity contribution in [3.8, 4) is 0 Å². The molecule has 0 saturated carbocycles. The molecular formula is C8H14INO6. The molecule has 1 aliphatic rings. The zero-order valence-electron chi connectivity index (χ0n) is 8.28. The lowest BCUT2D eigenvalue weighted by Crippen LogP contribution is -2.63. The fourth-order valence-corrected chi connectivity index (χ4v) is 1.64. The van der Waals surface area contributed by atoms with Crippen LogP contribution in [0.3, 0.4) is 0 Å². The Morgan fingerprint density at radius 1 is 1.25 bits per heavy atom. The van der Waals surface area contributed by atoms with E-state index in [2.05, 4.69) is 5.32 Å². The fourth-order valence-electron chi connectivity index (χ4n) is 1.42. The maximum Gasteiger partial charge on any atom is 0.231 e. The summed E-state index contributed by atoms with van der Waals surface area (Å²) in [4.78, 5) is 11.1. The van der Waals surface area contributed by atoms with Crippen LogP contribution in [-0.2, 0) is 9.53 Å². The van der Waals surface area contributed by atoms with Crippen molar-refractivity contribution in [3.63, 3.8) is 0 Å². The highest BCUT2D eigenvalue weighted by Gasteiger charge is 2.43. The van der Waals surface area contributed by atoms with Gasteiger partial charge in [0.15, 0.2) is 6.23 Å². The topological polar surface area (TPSA) is 119 Å². The molecule has 0 spiro atoms. The number of hydrogen-bond donors (Lipinski definition) is 5. The van der Waals surface area contributed by atoms with Crippen molar-refractivity contribution >= 4 is 28.5 Å². The molecule has 1 rings (SSSR count). The molecule has 1 unspecified atom stereocenters. The number of carbonyl (C=O) groups excluding carboxylic acids is 1. The molecule has 0 aromatic heterocycles. The number of halogens is 1. The third-order valence-corrected chi connectivity index (χ3v) is 3.01. The molecule has 0 bridgehead atoms. The number of hydrogen-bond acceptors (Lipinski definition) is 6. The molecule has 1 heterocycles. The second-order valence-corrected chi connectivity index (χ2v) is 4.21. The molecular weight excluding hydrogens is 333 g/mol. The highest BCUT2D eigenvalue weighted by atomic mass is 127. The van der Waals surface area contributed by atoms with E-state index in [0.29, 0.717) is 0 Å². The first-order valence-corrected chi connectivity index (χ1v) is 6.19. The summed E-state index contributed by atoms with van der Waals surface area (Å²) in [7, 11) is 0. The Hall–Kier alpha value is -0.0000000000000000694. The number of alkyl halides is 1. The van der Waals surface area contributed by atoms with E-state index in [-0.39, 0.29) is 10.3 Å². The molecule has 1 saturated heterocycles. The lowest BCUT2D eigenvalue weighted by molar-refractivity contribution is -0.235. The molecule has 16 heavy (non-hydrogen) atoms. The number of nitrogens with one attached hydrogen (secondary N) is 1. The number of aliphatic hydroxyl groups is 4. The molecule has 1 aliphatic heterocycles. The molecule has 8 heteroatoms. The minimum absolute atomic E-state index is 0.173. The van der Waals surface area contributed by atoms with Crippen LogP contribution in [0.25, 0.3) is 0 Å². The van der Waals surface area contributed by atoms with Crippen LogP contribution >= 0.6 is 22.6 Å². The summed E-state index contributed by atoms with van der Waals surface area (Å²) in [5.74, 6) is -0.370. The zero-order valence-corrected chi connectivity index (χ0v) is 10.4. The number of amides is 1. The highest BCUT2D eigenvalue weighted by Crippen LogP contribution is 2.19. The lowest BCUT2D eigenvalue weighted by Gasteiger charge is -2.40. The van der Waals surface area contributed by atoms with E-state index >= 15 is 0 Å². The van der Waals surface area contributed by atoms with Crippen LogP contribution in [-0.4, -0.2) is 68.0 Å². The van der Waals surface area contributed by atoms with Gasteiger partial charge in [0.25, 0.3) is 0 Å². The Balaban J connectivity index is 2.67. The molecule has 5 N–H and O–H groups in total. The van der Waals surface area contributed by atoms with E-state index in [1.54, 1.807) is 0 Å². The standard InChI is InChI=1S/C8H14INO6/c9-1-4(12)10-8-7(15)6(14)5(13)3(2-11)16-8/h3,5-8,11,13-15H,1-2H2,(H,10,12)/t3-,5-,6+,7-,8?/m1/s1. The summed E-state index contributed by atoms with van der Waals surface area (Å²) in [6.07, 6.45) is -6.43. The summed E-state index contributed by atoms with van der Waals surface area (Å²) in [5, 5.41) is 39.6. The monoisotopic (exact) mass is 347 g/mol. The SMILES string of the molecule is O=C(CI)NC1O[C@H](CO)[C@@H](O)[C@H](O)[C@H]1O. The first-order valence-electron chi connectivity index (χ1n) is 4.67. The van der Waals surface area contributed by atoms with Crippen molar-refractivity contribution < 1.29 is 30.0 Å². The van der Waals surface area contributed by atoms with Crippen molar-refractivity contribution in [1.29, 1.82) is 0 Å². The number of ether oxygens (including phenoxy) is 1. The predicted octanol–water partition coefficient (Wildman–Crippen LogP) is -2.66. The molecule has 0 aromatic rings.